The lowest BCUT2D eigenvalue weighted by molar-refractivity contribution is -0.0122. The number of hydrogen-bond donors (Lipinski definition) is 1. The van der Waals surface area contributed by atoms with Crippen molar-refractivity contribution in [3.63, 3.8) is 0 Å². The standard InChI is InChI=1S/C8H17NO/c1-8(2)4-5-9-6-7(8)10-3/h7,9H,4-6H2,1-3H3. The van der Waals surface area contributed by atoms with Gasteiger partial charge in [0, 0.05) is 13.7 Å². The van der Waals surface area contributed by atoms with Crippen molar-refractivity contribution in [1.82, 2.24) is 5.32 Å². The number of piperidine rings is 1. The second kappa shape index (κ2) is 2.89. The highest BCUT2D eigenvalue weighted by Gasteiger charge is 2.31. The van der Waals surface area contributed by atoms with Gasteiger partial charge in [-0.15, -0.1) is 0 Å². The van der Waals surface area contributed by atoms with Crippen LogP contribution in [0.3, 0.4) is 0 Å². The molecule has 60 valence electrons. The van der Waals surface area contributed by atoms with Gasteiger partial charge in [-0.05, 0) is 18.4 Å². The molecular formula is C8H17NO. The summed E-state index contributed by atoms with van der Waals surface area (Å²) in [6, 6.07) is 0. The molecule has 0 aliphatic carbocycles. The van der Waals surface area contributed by atoms with Crippen LogP contribution in [0.25, 0.3) is 0 Å². The van der Waals surface area contributed by atoms with Gasteiger partial charge in [0.2, 0.25) is 0 Å². The van der Waals surface area contributed by atoms with Crippen molar-refractivity contribution < 1.29 is 4.74 Å². The van der Waals surface area contributed by atoms with E-state index in [9.17, 15) is 0 Å². The lowest BCUT2D eigenvalue weighted by Gasteiger charge is -2.37. The van der Waals surface area contributed by atoms with E-state index in [1.807, 2.05) is 0 Å². The van der Waals surface area contributed by atoms with Gasteiger partial charge < -0.3 is 10.1 Å². The van der Waals surface area contributed by atoms with Crippen LogP contribution in [0.15, 0.2) is 0 Å². The highest BCUT2D eigenvalue weighted by atomic mass is 16.5. The second-order valence-electron chi connectivity index (χ2n) is 3.67. The Morgan fingerprint density at radius 1 is 1.50 bits per heavy atom. The summed E-state index contributed by atoms with van der Waals surface area (Å²) in [6.07, 6.45) is 1.60. The number of methoxy groups -OCH3 is 1. The maximum absolute atomic E-state index is 5.34. The Labute approximate surface area is 63.0 Å². The van der Waals surface area contributed by atoms with Crippen LogP contribution in [-0.4, -0.2) is 26.3 Å². The zero-order chi connectivity index (χ0) is 7.61. The van der Waals surface area contributed by atoms with Crippen molar-refractivity contribution in [2.45, 2.75) is 26.4 Å². The van der Waals surface area contributed by atoms with E-state index in [1.54, 1.807) is 7.11 Å². The third kappa shape index (κ3) is 1.50. The third-order valence-electron chi connectivity index (χ3n) is 2.43. The summed E-state index contributed by atoms with van der Waals surface area (Å²) >= 11 is 0. The molecule has 0 spiro atoms. The predicted molar refractivity (Wildman–Crippen MR) is 42.1 cm³/mol. The molecule has 1 rings (SSSR count). The molecular weight excluding hydrogens is 126 g/mol. The Morgan fingerprint density at radius 3 is 2.60 bits per heavy atom. The quantitative estimate of drug-likeness (QED) is 0.591. The lowest BCUT2D eigenvalue weighted by Crippen LogP contribution is -2.46. The molecule has 2 nitrogen and oxygen atoms in total. The first-order valence-electron chi connectivity index (χ1n) is 3.90. The maximum atomic E-state index is 5.34. The predicted octanol–water partition coefficient (Wildman–Crippen LogP) is 1.02. The smallest absolute Gasteiger partial charge is 0.0746 e. The molecule has 2 heteroatoms. The molecule has 1 fully saturated rings. The summed E-state index contributed by atoms with van der Waals surface area (Å²) in [5.41, 5.74) is 0.361. The largest absolute Gasteiger partial charge is 0.380 e. The van der Waals surface area contributed by atoms with Crippen molar-refractivity contribution in [1.29, 1.82) is 0 Å². The SMILES string of the molecule is COC1CNCCC1(C)C. The van der Waals surface area contributed by atoms with E-state index in [0.29, 0.717) is 11.5 Å². The summed E-state index contributed by atoms with van der Waals surface area (Å²) in [7, 11) is 1.79. The monoisotopic (exact) mass is 143 g/mol. The zero-order valence-corrected chi connectivity index (χ0v) is 7.11. The fourth-order valence-electron chi connectivity index (χ4n) is 1.48. The van der Waals surface area contributed by atoms with Gasteiger partial charge in [-0.2, -0.15) is 0 Å². The van der Waals surface area contributed by atoms with E-state index in [1.165, 1.54) is 6.42 Å². The molecule has 0 radical (unpaired) electrons. The Kier molecular flexibility index (Phi) is 2.32. The zero-order valence-electron chi connectivity index (χ0n) is 7.11. The molecule has 1 N–H and O–H groups in total. The molecule has 1 heterocycles. The van der Waals surface area contributed by atoms with Crippen LogP contribution in [0, 0.1) is 5.41 Å². The number of rotatable bonds is 1. The first kappa shape index (κ1) is 8.02. The molecule has 10 heavy (non-hydrogen) atoms. The van der Waals surface area contributed by atoms with Crippen LogP contribution in [0.2, 0.25) is 0 Å². The van der Waals surface area contributed by atoms with Gasteiger partial charge >= 0.3 is 0 Å². The minimum atomic E-state index is 0.361. The Balaban J connectivity index is 2.51. The maximum Gasteiger partial charge on any atom is 0.0746 e. The van der Waals surface area contributed by atoms with Gasteiger partial charge in [0.1, 0.15) is 0 Å². The fourth-order valence-corrected chi connectivity index (χ4v) is 1.48. The van der Waals surface area contributed by atoms with E-state index in [2.05, 4.69) is 19.2 Å². The first-order chi connectivity index (χ1) is 4.67. The van der Waals surface area contributed by atoms with Crippen LogP contribution in [-0.2, 0) is 4.74 Å². The van der Waals surface area contributed by atoms with Crippen molar-refractivity contribution >= 4 is 0 Å². The number of nitrogens with one attached hydrogen (secondary N) is 1. The van der Waals surface area contributed by atoms with Crippen molar-refractivity contribution in [2.75, 3.05) is 20.2 Å². The van der Waals surface area contributed by atoms with Gasteiger partial charge in [0.15, 0.2) is 0 Å². The molecule has 1 unspecified atom stereocenters. The Morgan fingerprint density at radius 2 is 2.20 bits per heavy atom. The molecule has 0 bridgehead atoms. The molecule has 0 aromatic rings. The summed E-state index contributed by atoms with van der Waals surface area (Å²) in [5, 5.41) is 3.32. The van der Waals surface area contributed by atoms with E-state index in [4.69, 9.17) is 4.74 Å². The fraction of sp³-hybridized carbons (Fsp3) is 1.00. The van der Waals surface area contributed by atoms with Crippen LogP contribution in [0.4, 0.5) is 0 Å². The summed E-state index contributed by atoms with van der Waals surface area (Å²) < 4.78 is 5.34. The van der Waals surface area contributed by atoms with Gasteiger partial charge in [-0.1, -0.05) is 13.8 Å². The highest BCUT2D eigenvalue weighted by Crippen LogP contribution is 2.28. The lowest BCUT2D eigenvalue weighted by atomic mass is 9.81. The first-order valence-corrected chi connectivity index (χ1v) is 3.90. The van der Waals surface area contributed by atoms with Crippen LogP contribution in [0.1, 0.15) is 20.3 Å². The van der Waals surface area contributed by atoms with Crippen LogP contribution < -0.4 is 5.32 Å². The topological polar surface area (TPSA) is 21.3 Å². The van der Waals surface area contributed by atoms with Gasteiger partial charge in [0.05, 0.1) is 6.10 Å². The van der Waals surface area contributed by atoms with E-state index >= 15 is 0 Å². The Bertz CT molecular complexity index is 112. The van der Waals surface area contributed by atoms with Crippen molar-refractivity contribution in [3.05, 3.63) is 0 Å². The number of ether oxygens (including phenoxy) is 1. The van der Waals surface area contributed by atoms with E-state index < -0.39 is 0 Å². The highest BCUT2D eigenvalue weighted by molar-refractivity contribution is 4.85. The number of hydrogen-bond acceptors (Lipinski definition) is 2. The average Bonchev–Trinajstić information content (AvgIpc) is 1.87. The Hall–Kier alpha value is -0.0800. The second-order valence-corrected chi connectivity index (χ2v) is 3.67. The minimum Gasteiger partial charge on any atom is -0.380 e. The van der Waals surface area contributed by atoms with Crippen LogP contribution >= 0.6 is 0 Å². The van der Waals surface area contributed by atoms with Crippen LogP contribution in [0.5, 0.6) is 0 Å². The van der Waals surface area contributed by atoms with Crippen molar-refractivity contribution in [3.8, 4) is 0 Å². The third-order valence-corrected chi connectivity index (χ3v) is 2.43. The van der Waals surface area contributed by atoms with Gasteiger partial charge in [-0.25, -0.2) is 0 Å². The summed E-state index contributed by atoms with van der Waals surface area (Å²) in [4.78, 5) is 0. The summed E-state index contributed by atoms with van der Waals surface area (Å²) in [6.45, 7) is 6.67. The van der Waals surface area contributed by atoms with E-state index in [-0.39, 0.29) is 0 Å². The van der Waals surface area contributed by atoms with Gasteiger partial charge in [-0.3, -0.25) is 0 Å². The molecule has 0 amide bonds. The molecule has 0 aromatic carbocycles. The van der Waals surface area contributed by atoms with E-state index in [0.717, 1.165) is 13.1 Å². The van der Waals surface area contributed by atoms with Crippen molar-refractivity contribution in [2.24, 2.45) is 5.41 Å². The molecule has 0 saturated carbocycles. The molecule has 1 aliphatic heterocycles. The molecule has 1 saturated heterocycles. The molecule has 1 aliphatic rings. The molecule has 1 atom stereocenters. The normalized spacial score (nSPS) is 32.1. The minimum absolute atomic E-state index is 0.361. The molecule has 0 aromatic heterocycles. The summed E-state index contributed by atoms with van der Waals surface area (Å²) in [5.74, 6) is 0. The van der Waals surface area contributed by atoms with Gasteiger partial charge in [0.25, 0.3) is 0 Å². The average molecular weight is 143 g/mol.